The van der Waals surface area contributed by atoms with Crippen molar-refractivity contribution in [1.29, 1.82) is 0 Å². The van der Waals surface area contributed by atoms with Crippen LogP contribution in [0.4, 0.5) is 0 Å². The summed E-state index contributed by atoms with van der Waals surface area (Å²) in [6.45, 7) is 6.60. The molecule has 0 aliphatic carbocycles. The molecule has 0 saturated carbocycles. The van der Waals surface area contributed by atoms with E-state index in [1.807, 2.05) is 36.4 Å². The topological polar surface area (TPSA) is 72.1 Å². The molecule has 2 aromatic carbocycles. The van der Waals surface area contributed by atoms with Crippen molar-refractivity contribution in [3.63, 3.8) is 0 Å². The Kier molecular flexibility index (Phi) is 8.15. The monoisotopic (exact) mass is 382 g/mol. The summed E-state index contributed by atoms with van der Waals surface area (Å²) in [5, 5.41) is 3.12. The Morgan fingerprint density at radius 2 is 1.82 bits per heavy atom. The highest BCUT2D eigenvalue weighted by atomic mass is 16.5. The molecule has 0 bridgehead atoms. The van der Waals surface area contributed by atoms with E-state index in [1.54, 1.807) is 0 Å². The van der Waals surface area contributed by atoms with E-state index in [0.29, 0.717) is 19.1 Å². The Morgan fingerprint density at radius 1 is 1.07 bits per heavy atom. The van der Waals surface area contributed by atoms with Crippen molar-refractivity contribution in [3.8, 4) is 16.9 Å². The van der Waals surface area contributed by atoms with Gasteiger partial charge in [0.15, 0.2) is 5.96 Å². The van der Waals surface area contributed by atoms with E-state index in [2.05, 4.69) is 33.4 Å². The van der Waals surface area contributed by atoms with Gasteiger partial charge in [-0.15, -0.1) is 0 Å². The number of nitrogens with two attached hydrogens (primary N) is 1. The fraction of sp³-hybridized carbons (Fsp3) is 0.409. The van der Waals surface area contributed by atoms with Crippen molar-refractivity contribution in [2.75, 3.05) is 52.5 Å². The molecule has 28 heavy (non-hydrogen) atoms. The van der Waals surface area contributed by atoms with Crippen molar-refractivity contribution in [2.24, 2.45) is 10.7 Å². The molecule has 0 spiro atoms. The smallest absolute Gasteiger partial charge is 0.188 e. The van der Waals surface area contributed by atoms with Crippen molar-refractivity contribution in [3.05, 3.63) is 54.6 Å². The number of ether oxygens (including phenoxy) is 2. The molecule has 2 aromatic rings. The lowest BCUT2D eigenvalue weighted by molar-refractivity contribution is 0.0377. The first-order chi connectivity index (χ1) is 13.8. The average Bonchev–Trinajstić information content (AvgIpc) is 2.76. The van der Waals surface area contributed by atoms with Gasteiger partial charge in [0, 0.05) is 31.7 Å². The number of hydrogen-bond donors (Lipinski definition) is 2. The summed E-state index contributed by atoms with van der Waals surface area (Å²) in [5.41, 5.74) is 8.18. The van der Waals surface area contributed by atoms with Crippen LogP contribution < -0.4 is 15.8 Å². The maximum Gasteiger partial charge on any atom is 0.188 e. The molecule has 0 unspecified atom stereocenters. The summed E-state index contributed by atoms with van der Waals surface area (Å²) in [5.74, 6) is 1.35. The number of aliphatic imine (C=N–C) groups is 1. The van der Waals surface area contributed by atoms with Gasteiger partial charge in [0.1, 0.15) is 12.4 Å². The van der Waals surface area contributed by atoms with Crippen LogP contribution in [0.5, 0.6) is 5.75 Å². The highest BCUT2D eigenvalue weighted by molar-refractivity contribution is 5.77. The zero-order chi connectivity index (χ0) is 19.4. The zero-order valence-electron chi connectivity index (χ0n) is 16.3. The fourth-order valence-electron chi connectivity index (χ4n) is 3.16. The van der Waals surface area contributed by atoms with Gasteiger partial charge >= 0.3 is 0 Å². The lowest BCUT2D eigenvalue weighted by Crippen LogP contribution is -2.37. The second-order valence-corrected chi connectivity index (χ2v) is 6.71. The van der Waals surface area contributed by atoms with Gasteiger partial charge < -0.3 is 20.5 Å². The second kappa shape index (κ2) is 11.3. The highest BCUT2D eigenvalue weighted by Gasteiger charge is 2.09. The Balaban J connectivity index is 1.36. The summed E-state index contributed by atoms with van der Waals surface area (Å²) in [7, 11) is 0. The standard InChI is InChI=1S/C22H30N4O2/c23-22(24-11-6-13-26-14-17-27-18-15-26)25-12-16-28-21-10-5-4-9-20(21)19-7-2-1-3-8-19/h1-5,7-10H,6,11-18H2,(H3,23,24,25). The third-order valence-corrected chi connectivity index (χ3v) is 4.66. The predicted octanol–water partition coefficient (Wildman–Crippen LogP) is 2.36. The van der Waals surface area contributed by atoms with Crippen LogP contribution in [-0.4, -0.2) is 63.4 Å². The molecule has 6 heteroatoms. The third kappa shape index (κ3) is 6.55. The van der Waals surface area contributed by atoms with E-state index in [-0.39, 0.29) is 0 Å². The Hall–Kier alpha value is -2.57. The zero-order valence-corrected chi connectivity index (χ0v) is 16.3. The van der Waals surface area contributed by atoms with E-state index < -0.39 is 0 Å². The SMILES string of the molecule is NC(=NCCCN1CCOCC1)NCCOc1ccccc1-c1ccccc1. The number of rotatable bonds is 9. The summed E-state index contributed by atoms with van der Waals surface area (Å²) in [6.07, 6.45) is 1.00. The molecule has 0 aromatic heterocycles. The van der Waals surface area contributed by atoms with Crippen LogP contribution in [0.2, 0.25) is 0 Å². The molecule has 3 N–H and O–H groups in total. The van der Waals surface area contributed by atoms with E-state index in [1.165, 1.54) is 0 Å². The molecule has 150 valence electrons. The number of nitrogens with zero attached hydrogens (tertiary/aromatic N) is 2. The molecular formula is C22H30N4O2. The van der Waals surface area contributed by atoms with Crippen LogP contribution in [0.15, 0.2) is 59.6 Å². The average molecular weight is 383 g/mol. The summed E-state index contributed by atoms with van der Waals surface area (Å²) in [6, 6.07) is 18.3. The molecule has 0 radical (unpaired) electrons. The van der Waals surface area contributed by atoms with Gasteiger partial charge in [-0.2, -0.15) is 0 Å². The first-order valence-corrected chi connectivity index (χ1v) is 9.94. The molecule has 0 atom stereocenters. The lowest BCUT2D eigenvalue weighted by Gasteiger charge is -2.26. The van der Waals surface area contributed by atoms with Crippen LogP contribution in [-0.2, 0) is 4.74 Å². The predicted molar refractivity (Wildman–Crippen MR) is 114 cm³/mol. The molecule has 6 nitrogen and oxygen atoms in total. The van der Waals surface area contributed by atoms with Gasteiger partial charge in [-0.3, -0.25) is 9.89 Å². The van der Waals surface area contributed by atoms with Gasteiger partial charge in [-0.1, -0.05) is 48.5 Å². The molecule has 1 fully saturated rings. The molecule has 1 aliphatic heterocycles. The van der Waals surface area contributed by atoms with Crippen LogP contribution >= 0.6 is 0 Å². The van der Waals surface area contributed by atoms with Gasteiger partial charge in [0.25, 0.3) is 0 Å². The maximum atomic E-state index is 5.96. The molecule has 1 saturated heterocycles. The van der Waals surface area contributed by atoms with Crippen molar-refractivity contribution >= 4 is 5.96 Å². The van der Waals surface area contributed by atoms with E-state index in [0.717, 1.165) is 62.7 Å². The molecule has 1 heterocycles. The Labute approximate surface area is 167 Å². The van der Waals surface area contributed by atoms with Crippen molar-refractivity contribution < 1.29 is 9.47 Å². The quantitative estimate of drug-likeness (QED) is 0.396. The summed E-state index contributed by atoms with van der Waals surface area (Å²) in [4.78, 5) is 6.79. The highest BCUT2D eigenvalue weighted by Crippen LogP contribution is 2.29. The largest absolute Gasteiger partial charge is 0.491 e. The minimum atomic E-state index is 0.474. The van der Waals surface area contributed by atoms with E-state index in [9.17, 15) is 0 Å². The number of hydrogen-bond acceptors (Lipinski definition) is 4. The van der Waals surface area contributed by atoms with Crippen LogP contribution in [0.3, 0.4) is 0 Å². The van der Waals surface area contributed by atoms with Gasteiger partial charge in [-0.25, -0.2) is 0 Å². The number of para-hydroxylation sites is 1. The van der Waals surface area contributed by atoms with E-state index >= 15 is 0 Å². The number of morpholine rings is 1. The third-order valence-electron chi connectivity index (χ3n) is 4.66. The van der Waals surface area contributed by atoms with Crippen LogP contribution in [0, 0.1) is 0 Å². The minimum absolute atomic E-state index is 0.474. The van der Waals surface area contributed by atoms with Gasteiger partial charge in [0.2, 0.25) is 0 Å². The van der Waals surface area contributed by atoms with E-state index in [4.69, 9.17) is 15.2 Å². The van der Waals surface area contributed by atoms with Gasteiger partial charge in [0.05, 0.1) is 19.8 Å². The number of benzene rings is 2. The first-order valence-electron chi connectivity index (χ1n) is 9.94. The Bertz CT molecular complexity index is 730. The second-order valence-electron chi connectivity index (χ2n) is 6.71. The van der Waals surface area contributed by atoms with Crippen LogP contribution in [0.25, 0.3) is 11.1 Å². The molecule has 1 aliphatic rings. The molecule has 3 rings (SSSR count). The fourth-order valence-corrected chi connectivity index (χ4v) is 3.16. The lowest BCUT2D eigenvalue weighted by atomic mass is 10.1. The molecular weight excluding hydrogens is 352 g/mol. The first kappa shape index (κ1) is 20.2. The summed E-state index contributed by atoms with van der Waals surface area (Å²) < 4.78 is 11.3. The van der Waals surface area contributed by atoms with Crippen molar-refractivity contribution in [2.45, 2.75) is 6.42 Å². The number of guanidine groups is 1. The van der Waals surface area contributed by atoms with Crippen molar-refractivity contribution in [1.82, 2.24) is 10.2 Å². The molecule has 0 amide bonds. The maximum absolute atomic E-state index is 5.96. The van der Waals surface area contributed by atoms with Gasteiger partial charge in [-0.05, 0) is 18.1 Å². The number of nitrogens with one attached hydrogen (secondary N) is 1. The van der Waals surface area contributed by atoms with Crippen LogP contribution in [0.1, 0.15) is 6.42 Å². The normalized spacial score (nSPS) is 15.4. The minimum Gasteiger partial charge on any atom is -0.491 e. The summed E-state index contributed by atoms with van der Waals surface area (Å²) >= 11 is 0. The Morgan fingerprint density at radius 3 is 2.64 bits per heavy atom.